The third kappa shape index (κ3) is 2.66. The molecule has 3 heterocycles. The van der Waals surface area contributed by atoms with Crippen LogP contribution in [-0.4, -0.2) is 41.1 Å². The molecule has 4 rings (SSSR count). The molecule has 0 unspecified atom stereocenters. The number of aromatic amines is 1. The van der Waals surface area contributed by atoms with Crippen LogP contribution in [0.15, 0.2) is 36.0 Å². The van der Waals surface area contributed by atoms with Crippen molar-refractivity contribution in [3.05, 3.63) is 53.1 Å². The SMILES string of the molecule is Cc1cnc([C@@H]2CCN(CC3=Cc4ccccc4OC3)C2)[nH]1. The van der Waals surface area contributed by atoms with Crippen LogP contribution in [0.1, 0.15) is 29.4 Å². The Balaban J connectivity index is 1.42. The van der Waals surface area contributed by atoms with E-state index in [4.69, 9.17) is 4.74 Å². The Morgan fingerprint density at radius 3 is 3.14 bits per heavy atom. The van der Waals surface area contributed by atoms with Gasteiger partial charge in [-0.1, -0.05) is 18.2 Å². The van der Waals surface area contributed by atoms with Crippen molar-refractivity contribution in [1.29, 1.82) is 0 Å². The van der Waals surface area contributed by atoms with Gasteiger partial charge >= 0.3 is 0 Å². The van der Waals surface area contributed by atoms with Crippen molar-refractivity contribution in [3.63, 3.8) is 0 Å². The molecular weight excluding hydrogens is 274 g/mol. The van der Waals surface area contributed by atoms with Gasteiger partial charge < -0.3 is 9.72 Å². The Hall–Kier alpha value is -2.07. The summed E-state index contributed by atoms with van der Waals surface area (Å²) in [6.07, 6.45) is 5.38. The predicted octanol–water partition coefficient (Wildman–Crippen LogP) is 2.98. The fourth-order valence-corrected chi connectivity index (χ4v) is 3.38. The molecular formula is C18H21N3O. The van der Waals surface area contributed by atoms with Crippen molar-refractivity contribution in [1.82, 2.24) is 14.9 Å². The second kappa shape index (κ2) is 5.61. The number of fused-ring (bicyclic) bond motifs is 1. The summed E-state index contributed by atoms with van der Waals surface area (Å²) in [7, 11) is 0. The molecule has 114 valence electrons. The first-order valence-corrected chi connectivity index (χ1v) is 7.93. The van der Waals surface area contributed by atoms with E-state index in [0.29, 0.717) is 12.5 Å². The standard InChI is InChI=1S/C18H21N3O/c1-13-9-19-18(20-13)16-6-7-21(11-16)10-14-8-15-4-2-3-5-17(15)22-12-14/h2-5,8-9,16H,6-7,10-12H2,1H3,(H,19,20)/t16-/m1/s1. The van der Waals surface area contributed by atoms with E-state index in [1.807, 2.05) is 18.3 Å². The molecule has 1 fully saturated rings. The van der Waals surface area contributed by atoms with Gasteiger partial charge in [-0.05, 0) is 37.6 Å². The molecule has 2 aliphatic heterocycles. The highest BCUT2D eigenvalue weighted by Crippen LogP contribution is 2.29. The first-order chi connectivity index (χ1) is 10.8. The van der Waals surface area contributed by atoms with E-state index < -0.39 is 0 Å². The van der Waals surface area contributed by atoms with Crippen LogP contribution in [-0.2, 0) is 0 Å². The summed E-state index contributed by atoms with van der Waals surface area (Å²) in [6, 6.07) is 8.24. The summed E-state index contributed by atoms with van der Waals surface area (Å²) < 4.78 is 5.85. The first kappa shape index (κ1) is 13.6. The van der Waals surface area contributed by atoms with Gasteiger partial charge in [0.05, 0.1) is 0 Å². The molecule has 1 N–H and O–H groups in total. The van der Waals surface area contributed by atoms with Gasteiger partial charge in [0.2, 0.25) is 0 Å². The number of aryl methyl sites for hydroxylation is 1. The number of aromatic nitrogens is 2. The molecule has 1 aromatic heterocycles. The lowest BCUT2D eigenvalue weighted by Gasteiger charge is -2.22. The molecule has 4 heteroatoms. The van der Waals surface area contributed by atoms with E-state index in [9.17, 15) is 0 Å². The first-order valence-electron chi connectivity index (χ1n) is 7.93. The fourth-order valence-electron chi connectivity index (χ4n) is 3.38. The van der Waals surface area contributed by atoms with Crippen LogP contribution in [0.5, 0.6) is 5.75 Å². The summed E-state index contributed by atoms with van der Waals surface area (Å²) >= 11 is 0. The number of H-pyrrole nitrogens is 1. The summed E-state index contributed by atoms with van der Waals surface area (Å²) in [5, 5.41) is 0. The van der Waals surface area contributed by atoms with Crippen LogP contribution in [0, 0.1) is 6.92 Å². The Morgan fingerprint density at radius 1 is 1.36 bits per heavy atom. The minimum Gasteiger partial charge on any atom is -0.489 e. The molecule has 2 aromatic rings. The van der Waals surface area contributed by atoms with Gasteiger partial charge in [0.1, 0.15) is 18.2 Å². The topological polar surface area (TPSA) is 41.2 Å². The number of benzene rings is 1. The van der Waals surface area contributed by atoms with Gasteiger partial charge in [0.15, 0.2) is 0 Å². The number of ether oxygens (including phenoxy) is 1. The number of likely N-dealkylation sites (tertiary alicyclic amines) is 1. The minimum atomic E-state index is 0.533. The molecule has 0 spiro atoms. The van der Waals surface area contributed by atoms with Gasteiger partial charge in [-0.2, -0.15) is 0 Å². The molecule has 1 aromatic carbocycles. The largest absolute Gasteiger partial charge is 0.489 e. The van der Waals surface area contributed by atoms with Gasteiger partial charge in [0.25, 0.3) is 0 Å². The molecule has 4 nitrogen and oxygen atoms in total. The second-order valence-corrected chi connectivity index (χ2v) is 6.30. The van der Waals surface area contributed by atoms with Crippen LogP contribution in [0.25, 0.3) is 6.08 Å². The number of rotatable bonds is 3. The van der Waals surface area contributed by atoms with Crippen LogP contribution < -0.4 is 4.74 Å². The third-order valence-corrected chi connectivity index (χ3v) is 4.50. The smallest absolute Gasteiger partial charge is 0.127 e. The number of hydrogen-bond acceptors (Lipinski definition) is 3. The minimum absolute atomic E-state index is 0.533. The molecule has 0 saturated carbocycles. The number of hydrogen-bond donors (Lipinski definition) is 1. The summed E-state index contributed by atoms with van der Waals surface area (Å²) in [6.45, 7) is 5.96. The number of para-hydroxylation sites is 1. The van der Waals surface area contributed by atoms with Crippen LogP contribution in [0.3, 0.4) is 0 Å². The molecule has 0 radical (unpaired) electrons. The Kier molecular flexibility index (Phi) is 3.47. The van der Waals surface area contributed by atoms with Crippen molar-refractivity contribution in [2.75, 3.05) is 26.2 Å². The van der Waals surface area contributed by atoms with Crippen molar-refractivity contribution < 1.29 is 4.74 Å². The maximum absolute atomic E-state index is 5.85. The van der Waals surface area contributed by atoms with E-state index >= 15 is 0 Å². The van der Waals surface area contributed by atoms with Crippen molar-refractivity contribution >= 4 is 6.08 Å². The lowest BCUT2D eigenvalue weighted by atomic mass is 10.1. The van der Waals surface area contributed by atoms with Gasteiger partial charge in [-0.15, -0.1) is 0 Å². The Morgan fingerprint density at radius 2 is 2.27 bits per heavy atom. The van der Waals surface area contributed by atoms with E-state index in [0.717, 1.165) is 36.9 Å². The normalized spacial score (nSPS) is 21.3. The van der Waals surface area contributed by atoms with E-state index in [1.54, 1.807) is 0 Å². The van der Waals surface area contributed by atoms with Gasteiger partial charge in [0, 0.05) is 36.5 Å². The molecule has 22 heavy (non-hydrogen) atoms. The zero-order valence-electron chi connectivity index (χ0n) is 12.9. The van der Waals surface area contributed by atoms with Crippen molar-refractivity contribution in [3.8, 4) is 5.75 Å². The van der Waals surface area contributed by atoms with E-state index in [-0.39, 0.29) is 0 Å². The monoisotopic (exact) mass is 295 g/mol. The van der Waals surface area contributed by atoms with E-state index in [1.165, 1.54) is 17.6 Å². The average molecular weight is 295 g/mol. The molecule has 1 saturated heterocycles. The quantitative estimate of drug-likeness (QED) is 0.946. The highest BCUT2D eigenvalue weighted by Gasteiger charge is 2.26. The lowest BCUT2D eigenvalue weighted by molar-refractivity contribution is 0.308. The number of imidazole rings is 1. The Labute approximate surface area is 130 Å². The molecule has 2 aliphatic rings. The molecule has 0 bridgehead atoms. The summed E-state index contributed by atoms with van der Waals surface area (Å²) in [5.41, 5.74) is 3.70. The number of nitrogens with zero attached hydrogens (tertiary/aromatic N) is 2. The zero-order valence-corrected chi connectivity index (χ0v) is 12.9. The van der Waals surface area contributed by atoms with Crippen LogP contribution in [0.2, 0.25) is 0 Å². The Bertz CT molecular complexity index is 704. The lowest BCUT2D eigenvalue weighted by Crippen LogP contribution is -2.26. The van der Waals surface area contributed by atoms with Gasteiger partial charge in [-0.3, -0.25) is 4.90 Å². The van der Waals surface area contributed by atoms with E-state index in [2.05, 4.69) is 40.0 Å². The summed E-state index contributed by atoms with van der Waals surface area (Å²) in [5.74, 6) is 2.67. The van der Waals surface area contributed by atoms with Crippen LogP contribution in [0.4, 0.5) is 0 Å². The third-order valence-electron chi connectivity index (χ3n) is 4.50. The molecule has 0 amide bonds. The second-order valence-electron chi connectivity index (χ2n) is 6.30. The highest BCUT2D eigenvalue weighted by molar-refractivity contribution is 5.62. The van der Waals surface area contributed by atoms with Gasteiger partial charge in [-0.25, -0.2) is 4.98 Å². The fraction of sp³-hybridized carbons (Fsp3) is 0.389. The zero-order chi connectivity index (χ0) is 14.9. The van der Waals surface area contributed by atoms with Crippen molar-refractivity contribution in [2.24, 2.45) is 0 Å². The average Bonchev–Trinajstić information content (AvgIpc) is 3.16. The number of nitrogens with one attached hydrogen (secondary N) is 1. The predicted molar refractivity (Wildman–Crippen MR) is 87.0 cm³/mol. The summed E-state index contributed by atoms with van der Waals surface area (Å²) in [4.78, 5) is 10.4. The van der Waals surface area contributed by atoms with Crippen LogP contribution >= 0.6 is 0 Å². The highest BCUT2D eigenvalue weighted by atomic mass is 16.5. The maximum atomic E-state index is 5.85. The maximum Gasteiger partial charge on any atom is 0.127 e. The molecule has 0 aliphatic carbocycles. The van der Waals surface area contributed by atoms with Crippen molar-refractivity contribution in [2.45, 2.75) is 19.3 Å². The molecule has 1 atom stereocenters.